The van der Waals surface area contributed by atoms with Gasteiger partial charge in [-0.3, -0.25) is 14.5 Å². The zero-order valence-corrected chi connectivity index (χ0v) is 19.1. The Morgan fingerprint density at radius 1 is 1.07 bits per heavy atom. The summed E-state index contributed by atoms with van der Waals surface area (Å²) in [7, 11) is 0. The lowest BCUT2D eigenvalue weighted by atomic mass is 10.0. The monoisotopic (exact) mass is 415 g/mol. The van der Waals surface area contributed by atoms with Crippen LogP contribution in [0.2, 0.25) is 0 Å². The minimum Gasteiger partial charge on any atom is -0.493 e. The number of aryl methyl sites for hydroxylation is 2. The number of nitrogens with zero attached hydrogens (tertiary/aromatic N) is 3. The van der Waals surface area contributed by atoms with E-state index < -0.39 is 0 Å². The minimum absolute atomic E-state index is 0.109. The van der Waals surface area contributed by atoms with Gasteiger partial charge >= 0.3 is 0 Å². The zero-order valence-electron chi connectivity index (χ0n) is 19.1. The second-order valence-electron chi connectivity index (χ2n) is 8.87. The average Bonchev–Trinajstić information content (AvgIpc) is 3.11. The maximum absolute atomic E-state index is 12.8. The van der Waals surface area contributed by atoms with Crippen molar-refractivity contribution in [2.45, 2.75) is 53.0 Å². The van der Waals surface area contributed by atoms with Crippen molar-refractivity contribution in [2.75, 3.05) is 52.4 Å². The molecular weight excluding hydrogens is 378 g/mol. The van der Waals surface area contributed by atoms with Gasteiger partial charge in [0.2, 0.25) is 5.91 Å². The summed E-state index contributed by atoms with van der Waals surface area (Å²) in [6.45, 7) is 14.3. The first kappa shape index (κ1) is 22.8. The first-order valence-corrected chi connectivity index (χ1v) is 11.3. The fourth-order valence-corrected chi connectivity index (χ4v) is 4.62. The van der Waals surface area contributed by atoms with E-state index in [1.165, 1.54) is 19.4 Å². The molecular formula is C24H37N3O3. The molecule has 0 spiro atoms. The number of piperazine rings is 1. The van der Waals surface area contributed by atoms with Crippen LogP contribution in [0.25, 0.3) is 0 Å². The van der Waals surface area contributed by atoms with Crippen LogP contribution in [-0.2, 0) is 4.79 Å². The predicted molar refractivity (Wildman–Crippen MR) is 119 cm³/mol. The Morgan fingerprint density at radius 2 is 1.73 bits per heavy atom. The van der Waals surface area contributed by atoms with E-state index in [0.29, 0.717) is 32.3 Å². The number of ketones is 1. The van der Waals surface area contributed by atoms with E-state index in [1.807, 2.05) is 30.9 Å². The molecule has 1 amide bonds. The number of Topliss-reactive ketones (excluding diaryl/α,β-unsaturated/α-hetero) is 1. The second-order valence-corrected chi connectivity index (χ2v) is 8.87. The van der Waals surface area contributed by atoms with E-state index in [1.54, 1.807) is 6.92 Å². The van der Waals surface area contributed by atoms with Gasteiger partial charge in [0.25, 0.3) is 0 Å². The molecule has 1 unspecified atom stereocenters. The lowest BCUT2D eigenvalue weighted by molar-refractivity contribution is -0.130. The van der Waals surface area contributed by atoms with E-state index >= 15 is 0 Å². The van der Waals surface area contributed by atoms with Crippen molar-refractivity contribution in [3.63, 3.8) is 0 Å². The van der Waals surface area contributed by atoms with Gasteiger partial charge in [-0.05, 0) is 69.8 Å². The summed E-state index contributed by atoms with van der Waals surface area (Å²) in [6, 6.07) is 4.61. The van der Waals surface area contributed by atoms with E-state index in [2.05, 4.69) is 16.7 Å². The molecule has 0 saturated carbocycles. The number of likely N-dealkylation sites (tertiary alicyclic amines) is 1. The fraction of sp³-hybridized carbons (Fsp3) is 0.667. The normalized spacial score (nSPS) is 20.5. The molecule has 6 heteroatoms. The first-order valence-electron chi connectivity index (χ1n) is 11.3. The topological polar surface area (TPSA) is 53.1 Å². The molecule has 2 aliphatic rings. The van der Waals surface area contributed by atoms with Gasteiger partial charge in [-0.25, -0.2) is 0 Å². The van der Waals surface area contributed by atoms with Gasteiger partial charge in [-0.15, -0.1) is 0 Å². The molecule has 2 saturated heterocycles. The maximum Gasteiger partial charge on any atom is 0.219 e. The van der Waals surface area contributed by atoms with Crippen molar-refractivity contribution < 1.29 is 14.3 Å². The predicted octanol–water partition coefficient (Wildman–Crippen LogP) is 2.90. The SMILES string of the molecule is CC(=O)N1CCN(CC(=O)c2cc(C)c(OCCCN3CCCC3C)c(C)c2)CC1. The highest BCUT2D eigenvalue weighted by molar-refractivity contribution is 5.98. The minimum atomic E-state index is 0.109. The van der Waals surface area contributed by atoms with Gasteiger partial charge in [0.1, 0.15) is 5.75 Å². The highest BCUT2D eigenvalue weighted by Crippen LogP contribution is 2.26. The lowest BCUT2D eigenvalue weighted by Gasteiger charge is -2.33. The second kappa shape index (κ2) is 10.4. The van der Waals surface area contributed by atoms with Gasteiger partial charge in [-0.2, -0.15) is 0 Å². The number of amides is 1. The van der Waals surface area contributed by atoms with Crippen LogP contribution in [-0.4, -0.2) is 84.9 Å². The molecule has 0 aromatic heterocycles. The molecule has 6 nitrogen and oxygen atoms in total. The van der Waals surface area contributed by atoms with Gasteiger partial charge in [0.15, 0.2) is 5.78 Å². The molecule has 30 heavy (non-hydrogen) atoms. The molecule has 1 atom stereocenters. The van der Waals surface area contributed by atoms with Gasteiger partial charge in [0, 0.05) is 51.3 Å². The third kappa shape index (κ3) is 5.82. The number of hydrogen-bond acceptors (Lipinski definition) is 5. The van der Waals surface area contributed by atoms with E-state index in [4.69, 9.17) is 4.74 Å². The third-order valence-electron chi connectivity index (χ3n) is 6.49. The van der Waals surface area contributed by atoms with Gasteiger partial charge in [-0.1, -0.05) is 0 Å². The summed E-state index contributed by atoms with van der Waals surface area (Å²) in [4.78, 5) is 30.8. The van der Waals surface area contributed by atoms with Crippen molar-refractivity contribution in [1.82, 2.24) is 14.7 Å². The molecule has 166 valence electrons. The third-order valence-corrected chi connectivity index (χ3v) is 6.49. The molecule has 2 aliphatic heterocycles. The van der Waals surface area contributed by atoms with Crippen molar-refractivity contribution in [3.8, 4) is 5.75 Å². The zero-order chi connectivity index (χ0) is 21.7. The molecule has 0 radical (unpaired) electrons. The molecule has 1 aromatic carbocycles. The molecule has 3 rings (SSSR count). The smallest absolute Gasteiger partial charge is 0.219 e. The van der Waals surface area contributed by atoms with Gasteiger partial charge < -0.3 is 14.5 Å². The highest BCUT2D eigenvalue weighted by Gasteiger charge is 2.22. The van der Waals surface area contributed by atoms with Crippen LogP contribution in [0.4, 0.5) is 0 Å². The van der Waals surface area contributed by atoms with Crippen LogP contribution in [0, 0.1) is 13.8 Å². The van der Waals surface area contributed by atoms with Crippen LogP contribution < -0.4 is 4.74 Å². The Morgan fingerprint density at radius 3 is 2.30 bits per heavy atom. The van der Waals surface area contributed by atoms with Crippen LogP contribution in [0.3, 0.4) is 0 Å². The summed E-state index contributed by atoms with van der Waals surface area (Å²) < 4.78 is 6.10. The summed E-state index contributed by atoms with van der Waals surface area (Å²) in [5, 5.41) is 0. The molecule has 2 fully saturated rings. The number of benzene rings is 1. The molecule has 0 bridgehead atoms. The number of carbonyl (C=O) groups excluding carboxylic acids is 2. The molecule has 0 aliphatic carbocycles. The van der Waals surface area contributed by atoms with Crippen molar-refractivity contribution in [2.24, 2.45) is 0 Å². The van der Waals surface area contributed by atoms with E-state index in [9.17, 15) is 9.59 Å². The Hall–Kier alpha value is -1.92. The number of ether oxygens (including phenoxy) is 1. The summed E-state index contributed by atoms with van der Waals surface area (Å²) >= 11 is 0. The standard InChI is InChI=1S/C24H37N3O3/c1-18-15-22(23(29)17-25-10-12-27(13-11-25)21(4)28)16-19(2)24(18)30-14-6-9-26-8-5-7-20(26)3/h15-16,20H,5-14,17H2,1-4H3. The number of rotatable bonds is 8. The van der Waals surface area contributed by atoms with E-state index in [0.717, 1.165) is 48.5 Å². The lowest BCUT2D eigenvalue weighted by Crippen LogP contribution is -2.49. The average molecular weight is 416 g/mol. The van der Waals surface area contributed by atoms with Gasteiger partial charge in [0.05, 0.1) is 13.2 Å². The number of hydrogen-bond donors (Lipinski definition) is 0. The van der Waals surface area contributed by atoms with Crippen LogP contribution in [0.5, 0.6) is 5.75 Å². The summed E-state index contributed by atoms with van der Waals surface area (Å²) in [5.74, 6) is 1.15. The maximum atomic E-state index is 12.8. The first-order chi connectivity index (χ1) is 14.3. The Labute approximate surface area is 181 Å². The van der Waals surface area contributed by atoms with Crippen LogP contribution in [0.1, 0.15) is 54.6 Å². The molecule has 2 heterocycles. The van der Waals surface area contributed by atoms with Crippen LogP contribution in [0.15, 0.2) is 12.1 Å². The van der Waals surface area contributed by atoms with Crippen molar-refractivity contribution >= 4 is 11.7 Å². The largest absolute Gasteiger partial charge is 0.493 e. The Balaban J connectivity index is 1.49. The van der Waals surface area contributed by atoms with E-state index in [-0.39, 0.29) is 11.7 Å². The van der Waals surface area contributed by atoms with Crippen LogP contribution >= 0.6 is 0 Å². The summed E-state index contributed by atoms with van der Waals surface area (Å²) in [6.07, 6.45) is 3.64. The highest BCUT2D eigenvalue weighted by atomic mass is 16.5. The van der Waals surface area contributed by atoms with Crippen molar-refractivity contribution in [1.29, 1.82) is 0 Å². The summed E-state index contributed by atoms with van der Waals surface area (Å²) in [5.41, 5.74) is 2.79. The Bertz CT molecular complexity index is 733. The van der Waals surface area contributed by atoms with Crippen molar-refractivity contribution in [3.05, 3.63) is 28.8 Å². The quantitative estimate of drug-likeness (QED) is 0.483. The molecule has 0 N–H and O–H groups in total. The number of carbonyl (C=O) groups is 2. The Kier molecular flexibility index (Phi) is 7.89. The fourth-order valence-electron chi connectivity index (χ4n) is 4.62. The molecule has 1 aromatic rings.